The number of nitrogens with one attached hydrogen (secondary N) is 1. The van der Waals surface area contributed by atoms with Crippen LogP contribution in [0.15, 0.2) is 48.5 Å². The highest BCUT2D eigenvalue weighted by atomic mass is 16.6. The van der Waals surface area contributed by atoms with E-state index in [1.54, 1.807) is 6.92 Å². The molecule has 2 N–H and O–H groups in total. The van der Waals surface area contributed by atoms with Crippen LogP contribution in [0.1, 0.15) is 30.9 Å². The predicted octanol–water partition coefficient (Wildman–Crippen LogP) is 2.91. The summed E-state index contributed by atoms with van der Waals surface area (Å²) in [5, 5.41) is 13.7. The second-order valence-electron chi connectivity index (χ2n) is 7.50. The van der Waals surface area contributed by atoms with Crippen molar-refractivity contribution in [3.8, 4) is 11.5 Å². The molecule has 6 nitrogen and oxygen atoms in total. The first kappa shape index (κ1) is 22.1. The van der Waals surface area contributed by atoms with Crippen molar-refractivity contribution in [3.63, 3.8) is 0 Å². The van der Waals surface area contributed by atoms with Gasteiger partial charge in [-0.1, -0.05) is 24.3 Å². The van der Waals surface area contributed by atoms with E-state index in [1.165, 1.54) is 11.1 Å². The number of esters is 1. The summed E-state index contributed by atoms with van der Waals surface area (Å²) in [5.74, 6) is 1.08. The van der Waals surface area contributed by atoms with Crippen LogP contribution >= 0.6 is 0 Å². The Kier molecular flexibility index (Phi) is 8.53. The maximum Gasteiger partial charge on any atom is 0.344 e. The molecule has 3 rings (SSSR count). The van der Waals surface area contributed by atoms with Gasteiger partial charge in [0.1, 0.15) is 24.2 Å². The average molecular weight is 414 g/mol. The maximum absolute atomic E-state index is 11.5. The van der Waals surface area contributed by atoms with Crippen LogP contribution in [0, 0.1) is 0 Å². The molecule has 0 spiro atoms. The molecule has 30 heavy (non-hydrogen) atoms. The lowest BCUT2D eigenvalue weighted by Gasteiger charge is -2.20. The SMILES string of the molecule is CCOC(=O)COc1ccc2c(c1)C[C@H](NC[C@@H](O)COc1ccccc1)CCC2. The van der Waals surface area contributed by atoms with Crippen molar-refractivity contribution in [1.82, 2.24) is 5.32 Å². The number of para-hydroxylation sites is 1. The molecule has 0 unspecified atom stereocenters. The number of aliphatic hydroxyl groups excluding tert-OH is 1. The Morgan fingerprint density at radius 2 is 1.97 bits per heavy atom. The molecule has 0 aromatic heterocycles. The molecule has 1 aliphatic carbocycles. The van der Waals surface area contributed by atoms with E-state index in [2.05, 4.69) is 11.4 Å². The zero-order chi connectivity index (χ0) is 21.2. The van der Waals surface area contributed by atoms with E-state index in [0.717, 1.165) is 31.4 Å². The summed E-state index contributed by atoms with van der Waals surface area (Å²) in [6, 6.07) is 15.8. The molecule has 162 valence electrons. The van der Waals surface area contributed by atoms with E-state index < -0.39 is 6.10 Å². The topological polar surface area (TPSA) is 77.0 Å². The van der Waals surface area contributed by atoms with Crippen LogP contribution in [0.5, 0.6) is 11.5 Å². The Bertz CT molecular complexity index is 795. The van der Waals surface area contributed by atoms with Crippen molar-refractivity contribution in [2.24, 2.45) is 0 Å². The van der Waals surface area contributed by atoms with Crippen LogP contribution in [-0.2, 0) is 22.4 Å². The van der Waals surface area contributed by atoms with E-state index in [4.69, 9.17) is 14.2 Å². The Morgan fingerprint density at radius 1 is 1.13 bits per heavy atom. The summed E-state index contributed by atoms with van der Waals surface area (Å²) in [5.41, 5.74) is 2.54. The van der Waals surface area contributed by atoms with Crippen LogP contribution in [0.25, 0.3) is 0 Å². The summed E-state index contributed by atoms with van der Waals surface area (Å²) >= 11 is 0. The first-order chi connectivity index (χ1) is 14.6. The lowest BCUT2D eigenvalue weighted by Crippen LogP contribution is -2.39. The van der Waals surface area contributed by atoms with Gasteiger partial charge in [-0.2, -0.15) is 0 Å². The molecule has 2 aromatic rings. The lowest BCUT2D eigenvalue weighted by molar-refractivity contribution is -0.145. The Morgan fingerprint density at radius 3 is 2.77 bits per heavy atom. The molecule has 0 saturated heterocycles. The minimum atomic E-state index is -0.577. The summed E-state index contributed by atoms with van der Waals surface area (Å²) in [7, 11) is 0. The molecule has 0 radical (unpaired) electrons. The van der Waals surface area contributed by atoms with Crippen molar-refractivity contribution >= 4 is 5.97 Å². The van der Waals surface area contributed by atoms with Crippen LogP contribution in [0.4, 0.5) is 0 Å². The summed E-state index contributed by atoms with van der Waals surface area (Å²) < 4.78 is 16.1. The average Bonchev–Trinajstić information content (AvgIpc) is 2.97. The number of hydrogen-bond acceptors (Lipinski definition) is 6. The van der Waals surface area contributed by atoms with Gasteiger partial charge in [0.15, 0.2) is 6.61 Å². The monoisotopic (exact) mass is 413 g/mol. The Labute approximate surface area is 178 Å². The molecule has 0 saturated carbocycles. The summed E-state index contributed by atoms with van der Waals surface area (Å²) in [6.07, 6.45) is 3.43. The number of aryl methyl sites for hydroxylation is 1. The van der Waals surface area contributed by atoms with E-state index in [0.29, 0.717) is 18.9 Å². The van der Waals surface area contributed by atoms with Gasteiger partial charge in [0, 0.05) is 12.6 Å². The molecule has 0 bridgehead atoms. The fourth-order valence-corrected chi connectivity index (χ4v) is 3.62. The molecule has 0 heterocycles. The number of carbonyl (C=O) groups is 1. The minimum Gasteiger partial charge on any atom is -0.491 e. The number of aliphatic hydroxyl groups is 1. The van der Waals surface area contributed by atoms with Gasteiger partial charge in [-0.25, -0.2) is 4.79 Å². The number of fused-ring (bicyclic) bond motifs is 1. The van der Waals surface area contributed by atoms with Crippen LogP contribution in [-0.4, -0.2) is 49.6 Å². The van der Waals surface area contributed by atoms with Gasteiger partial charge in [0.05, 0.1) is 6.61 Å². The van der Waals surface area contributed by atoms with Crippen LogP contribution in [0.3, 0.4) is 0 Å². The van der Waals surface area contributed by atoms with E-state index in [1.807, 2.05) is 42.5 Å². The van der Waals surface area contributed by atoms with Gasteiger partial charge >= 0.3 is 5.97 Å². The second kappa shape index (κ2) is 11.6. The van der Waals surface area contributed by atoms with E-state index in [9.17, 15) is 9.90 Å². The highest BCUT2D eigenvalue weighted by Gasteiger charge is 2.18. The van der Waals surface area contributed by atoms with Crippen molar-refractivity contribution in [2.45, 2.75) is 44.8 Å². The van der Waals surface area contributed by atoms with Gasteiger partial charge in [0.25, 0.3) is 0 Å². The van der Waals surface area contributed by atoms with E-state index >= 15 is 0 Å². The molecule has 0 fully saturated rings. The van der Waals surface area contributed by atoms with Gasteiger partial charge in [-0.3, -0.25) is 0 Å². The van der Waals surface area contributed by atoms with Crippen LogP contribution in [0.2, 0.25) is 0 Å². The third-order valence-corrected chi connectivity index (χ3v) is 5.13. The quantitative estimate of drug-likeness (QED) is 0.461. The summed E-state index contributed by atoms with van der Waals surface area (Å²) in [6.45, 7) is 2.78. The molecule has 0 aliphatic heterocycles. The zero-order valence-corrected chi connectivity index (χ0v) is 17.5. The van der Waals surface area contributed by atoms with Crippen molar-refractivity contribution in [1.29, 1.82) is 0 Å². The first-order valence-electron chi connectivity index (χ1n) is 10.6. The predicted molar refractivity (Wildman–Crippen MR) is 115 cm³/mol. The normalized spacial score (nSPS) is 16.8. The molecular formula is C24H31NO5. The molecule has 6 heteroatoms. The summed E-state index contributed by atoms with van der Waals surface area (Å²) in [4.78, 5) is 11.5. The highest BCUT2D eigenvalue weighted by Crippen LogP contribution is 2.25. The Balaban J connectivity index is 1.48. The molecule has 2 aromatic carbocycles. The highest BCUT2D eigenvalue weighted by molar-refractivity contribution is 5.71. The molecule has 1 aliphatic rings. The number of rotatable bonds is 10. The van der Waals surface area contributed by atoms with Gasteiger partial charge in [-0.05, 0) is 68.0 Å². The third-order valence-electron chi connectivity index (χ3n) is 5.13. The lowest BCUT2D eigenvalue weighted by atomic mass is 10.0. The van der Waals surface area contributed by atoms with Crippen LogP contribution < -0.4 is 14.8 Å². The smallest absolute Gasteiger partial charge is 0.344 e. The molecule has 0 amide bonds. The third kappa shape index (κ3) is 7.04. The van der Waals surface area contributed by atoms with E-state index in [-0.39, 0.29) is 25.2 Å². The van der Waals surface area contributed by atoms with Gasteiger partial charge in [0.2, 0.25) is 0 Å². The number of benzene rings is 2. The van der Waals surface area contributed by atoms with Gasteiger partial charge in [-0.15, -0.1) is 0 Å². The minimum absolute atomic E-state index is 0.0814. The van der Waals surface area contributed by atoms with Crippen molar-refractivity contribution in [2.75, 3.05) is 26.4 Å². The first-order valence-corrected chi connectivity index (χ1v) is 10.6. The number of hydrogen-bond donors (Lipinski definition) is 2. The largest absolute Gasteiger partial charge is 0.491 e. The molecule has 2 atom stereocenters. The maximum atomic E-state index is 11.5. The van der Waals surface area contributed by atoms with Crippen molar-refractivity contribution < 1.29 is 24.1 Å². The fraction of sp³-hybridized carbons (Fsp3) is 0.458. The zero-order valence-electron chi connectivity index (χ0n) is 17.5. The van der Waals surface area contributed by atoms with Gasteiger partial charge < -0.3 is 24.6 Å². The standard InChI is InChI=1S/C24H31NO5/c1-2-28-24(27)17-30-23-12-11-18-7-6-8-20(13-19(18)14-23)25-15-21(26)16-29-22-9-4-3-5-10-22/h3-5,9-12,14,20-21,25-26H,2,6-8,13,15-17H2,1H3/t20-,21-/m1/s1. The fourth-order valence-electron chi connectivity index (χ4n) is 3.62. The number of ether oxygens (including phenoxy) is 3. The Hall–Kier alpha value is -2.57. The van der Waals surface area contributed by atoms with Crippen molar-refractivity contribution in [3.05, 3.63) is 59.7 Å². The second-order valence-corrected chi connectivity index (χ2v) is 7.50. The molecular weight excluding hydrogens is 382 g/mol. The number of carbonyl (C=O) groups excluding carboxylic acids is 1.